The Bertz CT molecular complexity index is 731. The van der Waals surface area contributed by atoms with E-state index < -0.39 is 0 Å². The molecule has 1 heterocycles. The number of aryl methyl sites for hydroxylation is 1. The van der Waals surface area contributed by atoms with Gasteiger partial charge in [-0.15, -0.1) is 0 Å². The molecule has 0 N–H and O–H groups in total. The summed E-state index contributed by atoms with van der Waals surface area (Å²) < 4.78 is 5.72. The first kappa shape index (κ1) is 8.99. The van der Waals surface area contributed by atoms with Gasteiger partial charge in [-0.25, -0.2) is 0 Å². The SMILES string of the molecule is Cc1cccc2oc3cc(C#N)ccc3c12. The van der Waals surface area contributed by atoms with E-state index in [-0.39, 0.29) is 0 Å². The molecule has 0 bridgehead atoms. The normalized spacial score (nSPS) is 10.8. The summed E-state index contributed by atoms with van der Waals surface area (Å²) in [6.45, 7) is 2.06. The van der Waals surface area contributed by atoms with Crippen LogP contribution in [0.4, 0.5) is 0 Å². The van der Waals surface area contributed by atoms with Gasteiger partial charge in [-0.2, -0.15) is 5.26 Å². The van der Waals surface area contributed by atoms with Gasteiger partial charge in [-0.3, -0.25) is 0 Å². The van der Waals surface area contributed by atoms with Crippen molar-refractivity contribution < 1.29 is 4.42 Å². The van der Waals surface area contributed by atoms with Crippen molar-refractivity contribution in [1.82, 2.24) is 0 Å². The molecule has 0 aliphatic rings. The van der Waals surface area contributed by atoms with Gasteiger partial charge in [0, 0.05) is 10.8 Å². The fourth-order valence-electron chi connectivity index (χ4n) is 2.07. The minimum atomic E-state index is 0.629. The lowest BCUT2D eigenvalue weighted by Crippen LogP contribution is -1.74. The van der Waals surface area contributed by atoms with E-state index in [1.165, 1.54) is 5.56 Å². The molecule has 0 amide bonds. The Labute approximate surface area is 92.7 Å². The first-order valence-corrected chi connectivity index (χ1v) is 5.11. The molecule has 0 spiro atoms. The Morgan fingerprint density at radius 2 is 2.00 bits per heavy atom. The van der Waals surface area contributed by atoms with Crippen LogP contribution >= 0.6 is 0 Å². The van der Waals surface area contributed by atoms with Crippen LogP contribution in [0.2, 0.25) is 0 Å². The lowest BCUT2D eigenvalue weighted by molar-refractivity contribution is 0.668. The minimum Gasteiger partial charge on any atom is -0.456 e. The highest BCUT2D eigenvalue weighted by Gasteiger charge is 2.08. The van der Waals surface area contributed by atoms with Crippen LogP contribution in [0.3, 0.4) is 0 Å². The molecule has 0 aliphatic carbocycles. The average Bonchev–Trinajstić information content (AvgIpc) is 2.67. The monoisotopic (exact) mass is 207 g/mol. The Morgan fingerprint density at radius 1 is 1.12 bits per heavy atom. The summed E-state index contributed by atoms with van der Waals surface area (Å²) in [5, 5.41) is 11.1. The molecule has 0 unspecified atom stereocenters. The summed E-state index contributed by atoms with van der Waals surface area (Å²) in [7, 11) is 0. The standard InChI is InChI=1S/C14H9NO/c1-9-3-2-4-12-14(9)11-6-5-10(8-15)7-13(11)16-12/h2-7H,1H3. The maximum Gasteiger partial charge on any atom is 0.136 e. The van der Waals surface area contributed by atoms with Crippen LogP contribution in [0.5, 0.6) is 0 Å². The van der Waals surface area contributed by atoms with Gasteiger partial charge in [0.05, 0.1) is 11.6 Å². The Balaban J connectivity index is 2.53. The number of benzene rings is 2. The van der Waals surface area contributed by atoms with Crippen LogP contribution in [0.15, 0.2) is 40.8 Å². The number of hydrogen-bond donors (Lipinski definition) is 0. The lowest BCUT2D eigenvalue weighted by Gasteiger charge is -1.93. The number of nitrogens with zero attached hydrogens (tertiary/aromatic N) is 1. The van der Waals surface area contributed by atoms with Gasteiger partial charge >= 0.3 is 0 Å². The van der Waals surface area contributed by atoms with Crippen LogP contribution in [0.1, 0.15) is 11.1 Å². The first-order valence-electron chi connectivity index (χ1n) is 5.11. The van der Waals surface area contributed by atoms with Gasteiger partial charge in [-0.1, -0.05) is 12.1 Å². The maximum atomic E-state index is 8.83. The second kappa shape index (κ2) is 3.11. The van der Waals surface area contributed by atoms with E-state index in [1.54, 1.807) is 6.07 Å². The summed E-state index contributed by atoms with van der Waals surface area (Å²) in [5.41, 5.74) is 3.48. The van der Waals surface area contributed by atoms with Crippen molar-refractivity contribution in [2.75, 3.05) is 0 Å². The van der Waals surface area contributed by atoms with Gasteiger partial charge in [-0.05, 0) is 36.8 Å². The molecule has 0 saturated carbocycles. The smallest absolute Gasteiger partial charge is 0.136 e. The lowest BCUT2D eigenvalue weighted by atomic mass is 10.1. The van der Waals surface area contributed by atoms with E-state index >= 15 is 0 Å². The molecule has 0 aliphatic heterocycles. The highest BCUT2D eigenvalue weighted by Crippen LogP contribution is 2.31. The first-order chi connectivity index (χ1) is 7.79. The third-order valence-electron chi connectivity index (χ3n) is 2.83. The number of fused-ring (bicyclic) bond motifs is 3. The zero-order valence-corrected chi connectivity index (χ0v) is 8.82. The van der Waals surface area contributed by atoms with Crippen molar-refractivity contribution in [2.45, 2.75) is 6.92 Å². The molecule has 0 atom stereocenters. The van der Waals surface area contributed by atoms with Crippen LogP contribution < -0.4 is 0 Å². The van der Waals surface area contributed by atoms with Gasteiger partial charge in [0.25, 0.3) is 0 Å². The average molecular weight is 207 g/mol. The third kappa shape index (κ3) is 1.12. The largest absolute Gasteiger partial charge is 0.456 e. The highest BCUT2D eigenvalue weighted by atomic mass is 16.3. The molecule has 2 heteroatoms. The summed E-state index contributed by atoms with van der Waals surface area (Å²) in [6, 6.07) is 13.7. The van der Waals surface area contributed by atoms with E-state index in [0.29, 0.717) is 5.56 Å². The molecule has 0 fully saturated rings. The molecule has 76 valence electrons. The van der Waals surface area contributed by atoms with Crippen LogP contribution in [-0.2, 0) is 0 Å². The maximum absolute atomic E-state index is 8.83. The molecule has 3 aromatic rings. The van der Waals surface area contributed by atoms with Gasteiger partial charge < -0.3 is 4.42 Å². The van der Waals surface area contributed by atoms with Crippen molar-refractivity contribution in [2.24, 2.45) is 0 Å². The van der Waals surface area contributed by atoms with Crippen LogP contribution in [0, 0.1) is 18.3 Å². The number of nitriles is 1. The highest BCUT2D eigenvalue weighted by molar-refractivity contribution is 6.06. The molecule has 16 heavy (non-hydrogen) atoms. The molecule has 3 rings (SSSR count). The Hall–Kier alpha value is -2.27. The van der Waals surface area contributed by atoms with E-state index in [4.69, 9.17) is 9.68 Å². The van der Waals surface area contributed by atoms with E-state index in [1.807, 2.05) is 24.3 Å². The van der Waals surface area contributed by atoms with Crippen LogP contribution in [0.25, 0.3) is 21.9 Å². The van der Waals surface area contributed by atoms with Gasteiger partial charge in [0.2, 0.25) is 0 Å². The van der Waals surface area contributed by atoms with E-state index in [2.05, 4.69) is 19.1 Å². The molecular weight excluding hydrogens is 198 g/mol. The van der Waals surface area contributed by atoms with Crippen molar-refractivity contribution in [3.63, 3.8) is 0 Å². The predicted octanol–water partition coefficient (Wildman–Crippen LogP) is 3.77. The number of furan rings is 1. The molecule has 0 radical (unpaired) electrons. The van der Waals surface area contributed by atoms with Crippen molar-refractivity contribution in [3.05, 3.63) is 47.5 Å². The summed E-state index contributed by atoms with van der Waals surface area (Å²) >= 11 is 0. The second-order valence-electron chi connectivity index (χ2n) is 3.87. The zero-order valence-electron chi connectivity index (χ0n) is 8.82. The minimum absolute atomic E-state index is 0.629. The molecular formula is C14H9NO. The quantitative estimate of drug-likeness (QED) is 0.562. The Kier molecular flexibility index (Phi) is 1.75. The topological polar surface area (TPSA) is 36.9 Å². The predicted molar refractivity (Wildman–Crippen MR) is 63.2 cm³/mol. The van der Waals surface area contributed by atoms with Crippen molar-refractivity contribution in [1.29, 1.82) is 5.26 Å². The van der Waals surface area contributed by atoms with Crippen molar-refractivity contribution >= 4 is 21.9 Å². The third-order valence-corrected chi connectivity index (χ3v) is 2.83. The van der Waals surface area contributed by atoms with E-state index in [0.717, 1.165) is 21.9 Å². The second-order valence-corrected chi connectivity index (χ2v) is 3.87. The molecule has 0 saturated heterocycles. The van der Waals surface area contributed by atoms with Crippen molar-refractivity contribution in [3.8, 4) is 6.07 Å². The number of rotatable bonds is 0. The Morgan fingerprint density at radius 3 is 2.81 bits per heavy atom. The summed E-state index contributed by atoms with van der Waals surface area (Å²) in [4.78, 5) is 0. The van der Waals surface area contributed by atoms with E-state index in [9.17, 15) is 0 Å². The van der Waals surface area contributed by atoms with Gasteiger partial charge in [0.1, 0.15) is 11.2 Å². The fraction of sp³-hybridized carbons (Fsp3) is 0.0714. The summed E-state index contributed by atoms with van der Waals surface area (Å²) in [6.07, 6.45) is 0. The fourth-order valence-corrected chi connectivity index (χ4v) is 2.07. The van der Waals surface area contributed by atoms with Crippen LogP contribution in [-0.4, -0.2) is 0 Å². The number of hydrogen-bond acceptors (Lipinski definition) is 2. The molecule has 1 aromatic heterocycles. The summed E-state index contributed by atoms with van der Waals surface area (Å²) in [5.74, 6) is 0. The zero-order chi connectivity index (χ0) is 11.1. The molecule has 2 nitrogen and oxygen atoms in total. The van der Waals surface area contributed by atoms with Gasteiger partial charge in [0.15, 0.2) is 0 Å². The molecule has 2 aromatic carbocycles.